The van der Waals surface area contributed by atoms with Crippen molar-refractivity contribution in [2.75, 3.05) is 0 Å². The van der Waals surface area contributed by atoms with Crippen molar-refractivity contribution in [3.8, 4) is 0 Å². The predicted molar refractivity (Wildman–Crippen MR) is 75.1 cm³/mol. The van der Waals surface area contributed by atoms with Crippen molar-refractivity contribution in [3.05, 3.63) is 40.6 Å². The molecule has 0 bridgehead atoms. The Morgan fingerprint density at radius 1 is 1.58 bits per heavy atom. The SMILES string of the molecule is O=C(CCc1cccs1)NC1CCc2nccn2C1. The Kier molecular flexibility index (Phi) is 3.64. The molecule has 2 aromatic heterocycles. The van der Waals surface area contributed by atoms with Crippen LogP contribution in [0.2, 0.25) is 0 Å². The minimum Gasteiger partial charge on any atom is -0.352 e. The van der Waals surface area contributed by atoms with E-state index < -0.39 is 0 Å². The lowest BCUT2D eigenvalue weighted by molar-refractivity contribution is -0.121. The van der Waals surface area contributed by atoms with Crippen molar-refractivity contribution >= 4 is 17.2 Å². The average Bonchev–Trinajstić information content (AvgIpc) is 3.07. The number of hydrogen-bond donors (Lipinski definition) is 1. The average molecular weight is 275 g/mol. The maximum atomic E-state index is 11.9. The third-order valence-electron chi connectivity index (χ3n) is 3.48. The van der Waals surface area contributed by atoms with Crippen LogP contribution in [0.3, 0.4) is 0 Å². The summed E-state index contributed by atoms with van der Waals surface area (Å²) in [7, 11) is 0. The number of hydrogen-bond acceptors (Lipinski definition) is 3. The Morgan fingerprint density at radius 2 is 2.53 bits per heavy atom. The molecule has 1 atom stereocenters. The second-order valence-electron chi connectivity index (χ2n) is 4.88. The fourth-order valence-electron chi connectivity index (χ4n) is 2.48. The number of aromatic nitrogens is 2. The number of nitrogens with one attached hydrogen (secondary N) is 1. The zero-order valence-electron chi connectivity index (χ0n) is 10.7. The second-order valence-corrected chi connectivity index (χ2v) is 5.91. The number of carbonyl (C=O) groups is 1. The van der Waals surface area contributed by atoms with Crippen LogP contribution in [0.5, 0.6) is 0 Å². The van der Waals surface area contributed by atoms with E-state index in [1.807, 2.05) is 18.5 Å². The van der Waals surface area contributed by atoms with Crippen molar-refractivity contribution in [2.45, 2.75) is 38.3 Å². The van der Waals surface area contributed by atoms with Crippen LogP contribution in [0.1, 0.15) is 23.5 Å². The van der Waals surface area contributed by atoms with Gasteiger partial charge in [0.1, 0.15) is 5.82 Å². The molecule has 0 aromatic carbocycles. The van der Waals surface area contributed by atoms with Crippen LogP contribution < -0.4 is 5.32 Å². The second kappa shape index (κ2) is 5.57. The first-order chi connectivity index (χ1) is 9.31. The quantitative estimate of drug-likeness (QED) is 0.928. The molecular formula is C14H17N3OS. The lowest BCUT2D eigenvalue weighted by Gasteiger charge is -2.24. The van der Waals surface area contributed by atoms with E-state index in [0.29, 0.717) is 6.42 Å². The van der Waals surface area contributed by atoms with Crippen LogP contribution in [0.4, 0.5) is 0 Å². The molecule has 0 saturated heterocycles. The summed E-state index contributed by atoms with van der Waals surface area (Å²) in [6.07, 6.45) is 7.17. The molecule has 3 heterocycles. The number of imidazole rings is 1. The van der Waals surface area contributed by atoms with Crippen LogP contribution >= 0.6 is 11.3 Å². The van der Waals surface area contributed by atoms with Gasteiger partial charge in [-0.1, -0.05) is 6.07 Å². The van der Waals surface area contributed by atoms with Crippen molar-refractivity contribution in [3.63, 3.8) is 0 Å². The summed E-state index contributed by atoms with van der Waals surface area (Å²) in [6, 6.07) is 4.35. The van der Waals surface area contributed by atoms with Crippen molar-refractivity contribution < 1.29 is 4.79 Å². The summed E-state index contributed by atoms with van der Waals surface area (Å²) >= 11 is 1.71. The van der Waals surface area contributed by atoms with Gasteiger partial charge in [0.05, 0.1) is 0 Å². The van der Waals surface area contributed by atoms with Gasteiger partial charge < -0.3 is 9.88 Å². The highest BCUT2D eigenvalue weighted by atomic mass is 32.1. The normalized spacial score (nSPS) is 18.0. The maximum Gasteiger partial charge on any atom is 0.220 e. The van der Waals surface area contributed by atoms with Gasteiger partial charge in [-0.15, -0.1) is 11.3 Å². The van der Waals surface area contributed by atoms with Gasteiger partial charge >= 0.3 is 0 Å². The number of rotatable bonds is 4. The molecule has 19 heavy (non-hydrogen) atoms. The topological polar surface area (TPSA) is 46.9 Å². The number of nitrogens with zero attached hydrogens (tertiary/aromatic N) is 2. The van der Waals surface area contributed by atoms with Crippen molar-refractivity contribution in [1.82, 2.24) is 14.9 Å². The van der Waals surface area contributed by atoms with Gasteiger partial charge in [0.15, 0.2) is 0 Å². The standard InChI is InChI=1S/C14H17N3OS/c18-14(6-4-12-2-1-9-19-12)16-11-3-5-13-15-7-8-17(13)10-11/h1-2,7-9,11H,3-6,10H2,(H,16,18). The highest BCUT2D eigenvalue weighted by molar-refractivity contribution is 7.09. The lowest BCUT2D eigenvalue weighted by atomic mass is 10.1. The number of thiophene rings is 1. The van der Waals surface area contributed by atoms with Crippen LogP contribution in [-0.4, -0.2) is 21.5 Å². The molecule has 0 spiro atoms. The third-order valence-corrected chi connectivity index (χ3v) is 4.42. The fourth-order valence-corrected chi connectivity index (χ4v) is 3.18. The third kappa shape index (κ3) is 3.04. The van der Waals surface area contributed by atoms with E-state index in [-0.39, 0.29) is 11.9 Å². The molecular weight excluding hydrogens is 258 g/mol. The fraction of sp³-hybridized carbons (Fsp3) is 0.429. The summed E-state index contributed by atoms with van der Waals surface area (Å²) in [5.74, 6) is 1.28. The van der Waals surface area contributed by atoms with E-state index in [4.69, 9.17) is 0 Å². The highest BCUT2D eigenvalue weighted by Crippen LogP contribution is 2.14. The smallest absolute Gasteiger partial charge is 0.220 e. The molecule has 100 valence electrons. The summed E-state index contributed by atoms with van der Waals surface area (Å²) in [4.78, 5) is 17.5. The molecule has 5 heteroatoms. The molecule has 2 aromatic rings. The first kappa shape index (κ1) is 12.4. The molecule has 1 aliphatic heterocycles. The molecule has 4 nitrogen and oxygen atoms in total. The van der Waals surface area contributed by atoms with Gasteiger partial charge in [0.2, 0.25) is 5.91 Å². The van der Waals surface area contributed by atoms with E-state index in [9.17, 15) is 4.79 Å². The van der Waals surface area contributed by atoms with Crippen molar-refractivity contribution in [1.29, 1.82) is 0 Å². The Labute approximate surface area is 116 Å². The highest BCUT2D eigenvalue weighted by Gasteiger charge is 2.19. The van der Waals surface area contributed by atoms with E-state index in [2.05, 4.69) is 26.3 Å². The van der Waals surface area contributed by atoms with Crippen LogP contribution in [0.15, 0.2) is 29.9 Å². The van der Waals surface area contributed by atoms with Gasteiger partial charge in [-0.3, -0.25) is 4.79 Å². The van der Waals surface area contributed by atoms with Gasteiger partial charge in [-0.2, -0.15) is 0 Å². The van der Waals surface area contributed by atoms with Crippen molar-refractivity contribution in [2.24, 2.45) is 0 Å². The zero-order valence-corrected chi connectivity index (χ0v) is 11.5. The summed E-state index contributed by atoms with van der Waals surface area (Å²) < 4.78 is 2.13. The number of aryl methyl sites for hydroxylation is 2. The summed E-state index contributed by atoms with van der Waals surface area (Å²) in [5.41, 5.74) is 0. The molecule has 1 N–H and O–H groups in total. The van der Waals surface area contributed by atoms with Gasteiger partial charge in [0.25, 0.3) is 0 Å². The predicted octanol–water partition coefficient (Wildman–Crippen LogP) is 2.01. The Balaban J connectivity index is 1.48. The molecule has 1 unspecified atom stereocenters. The van der Waals surface area contributed by atoms with E-state index in [1.54, 1.807) is 11.3 Å². The summed E-state index contributed by atoms with van der Waals surface area (Å²) in [6.45, 7) is 0.847. The van der Waals surface area contributed by atoms with E-state index >= 15 is 0 Å². The molecule has 0 saturated carbocycles. The Morgan fingerprint density at radius 3 is 3.37 bits per heavy atom. The first-order valence-corrected chi connectivity index (χ1v) is 7.51. The van der Waals surface area contributed by atoms with E-state index in [1.165, 1.54) is 4.88 Å². The first-order valence-electron chi connectivity index (χ1n) is 6.63. The van der Waals surface area contributed by atoms with Gasteiger partial charge in [-0.25, -0.2) is 4.98 Å². The Bertz CT molecular complexity index is 547. The molecule has 0 aliphatic carbocycles. The number of carbonyl (C=O) groups excluding carboxylic acids is 1. The maximum absolute atomic E-state index is 11.9. The monoisotopic (exact) mass is 275 g/mol. The zero-order chi connectivity index (χ0) is 13.1. The minimum atomic E-state index is 0.155. The molecule has 0 radical (unpaired) electrons. The van der Waals surface area contributed by atoms with Crippen LogP contribution in [0, 0.1) is 0 Å². The summed E-state index contributed by atoms with van der Waals surface area (Å²) in [5, 5.41) is 5.18. The number of amides is 1. The van der Waals surface area contributed by atoms with E-state index in [0.717, 1.165) is 31.6 Å². The van der Waals surface area contributed by atoms with Gasteiger partial charge in [-0.05, 0) is 24.3 Å². The van der Waals surface area contributed by atoms with Crippen LogP contribution in [-0.2, 0) is 24.2 Å². The molecule has 1 aliphatic rings. The molecule has 1 amide bonds. The molecule has 0 fully saturated rings. The largest absolute Gasteiger partial charge is 0.352 e. The molecule has 3 rings (SSSR count). The Hall–Kier alpha value is -1.62. The minimum absolute atomic E-state index is 0.155. The van der Waals surface area contributed by atoms with Crippen LogP contribution in [0.25, 0.3) is 0 Å². The van der Waals surface area contributed by atoms with Gasteiger partial charge in [0, 0.05) is 42.7 Å². The lowest BCUT2D eigenvalue weighted by Crippen LogP contribution is -2.40. The number of fused-ring (bicyclic) bond motifs is 1.